The molecule has 52 heavy (non-hydrogen) atoms. The van der Waals surface area contributed by atoms with Crippen molar-refractivity contribution in [3.63, 3.8) is 0 Å². The van der Waals surface area contributed by atoms with Crippen LogP contribution in [0.5, 0.6) is 17.2 Å². The summed E-state index contributed by atoms with van der Waals surface area (Å²) in [6.45, 7) is 16.4. The Morgan fingerprint density at radius 2 is 1.42 bits per heavy atom. The Labute approximate surface area is 307 Å². The van der Waals surface area contributed by atoms with Crippen LogP contribution in [0.3, 0.4) is 0 Å². The number of ether oxygens (including phenoxy) is 3. The Morgan fingerprint density at radius 1 is 0.865 bits per heavy atom. The van der Waals surface area contributed by atoms with Crippen LogP contribution < -0.4 is 19.1 Å². The molecule has 0 fully saturated rings. The van der Waals surface area contributed by atoms with Crippen LogP contribution in [-0.4, -0.2) is 61.7 Å². The maximum absolute atomic E-state index is 11.0. The van der Waals surface area contributed by atoms with Crippen molar-refractivity contribution in [3.05, 3.63) is 63.7 Å². The third kappa shape index (κ3) is 8.52. The fourth-order valence-corrected chi connectivity index (χ4v) is 7.71. The number of nitrogens with zero attached hydrogens (tertiary/aromatic N) is 7. The number of non-ortho nitro benzene ring substituents is 1. The molecule has 0 saturated carbocycles. The fraction of sp³-hybridized carbons (Fsp3) is 0.514. The highest BCUT2D eigenvalue weighted by molar-refractivity contribution is 7.43. The number of hydrogen-bond acceptors (Lipinski definition) is 13. The summed E-state index contributed by atoms with van der Waals surface area (Å²) in [5.74, 6) is 1.34. The third-order valence-electron chi connectivity index (χ3n) is 9.62. The molecule has 1 atom stereocenters. The van der Waals surface area contributed by atoms with E-state index in [1.54, 1.807) is 12.1 Å². The van der Waals surface area contributed by atoms with Gasteiger partial charge in [0, 0.05) is 61.7 Å². The van der Waals surface area contributed by atoms with Gasteiger partial charge >= 0.3 is 0 Å². The Hall–Kier alpha value is -4.23. The lowest BCUT2D eigenvalue weighted by Crippen LogP contribution is -2.44. The first-order valence-electron chi connectivity index (χ1n) is 17.6. The van der Waals surface area contributed by atoms with Crippen molar-refractivity contribution in [3.8, 4) is 17.2 Å². The molecule has 14 nitrogen and oxygen atoms in total. The number of methoxy groups -OCH3 is 2. The van der Waals surface area contributed by atoms with Crippen LogP contribution in [0.1, 0.15) is 78.4 Å². The molecule has 0 spiro atoms. The summed E-state index contributed by atoms with van der Waals surface area (Å²) >= 11 is 0. The molecule has 3 aromatic carbocycles. The number of nitro groups is 1. The van der Waals surface area contributed by atoms with Crippen molar-refractivity contribution >= 4 is 42.7 Å². The Morgan fingerprint density at radius 3 is 1.98 bits per heavy atom. The molecule has 3 aromatic rings. The van der Waals surface area contributed by atoms with Crippen LogP contribution in [0, 0.1) is 10.1 Å². The Balaban J connectivity index is 1.54. The lowest BCUT2D eigenvalue weighted by atomic mass is 9.69. The van der Waals surface area contributed by atoms with E-state index < -0.39 is 13.4 Å². The van der Waals surface area contributed by atoms with E-state index in [2.05, 4.69) is 67.9 Å². The van der Waals surface area contributed by atoms with Crippen molar-refractivity contribution in [2.45, 2.75) is 78.1 Å². The minimum absolute atomic E-state index is 0.0364. The van der Waals surface area contributed by atoms with Crippen LogP contribution in [-0.2, 0) is 15.4 Å². The first-order chi connectivity index (χ1) is 24.8. The van der Waals surface area contributed by atoms with Crippen molar-refractivity contribution in [2.75, 3.05) is 52.1 Å². The van der Waals surface area contributed by atoms with Crippen molar-refractivity contribution in [1.82, 2.24) is 4.67 Å². The Kier molecular flexibility index (Phi) is 12.5. The van der Waals surface area contributed by atoms with Gasteiger partial charge in [-0.2, -0.15) is 5.11 Å². The molecule has 2 aliphatic rings. The molecular formula is C37H50N7O7P. The zero-order valence-electron chi connectivity index (χ0n) is 31.4. The normalized spacial score (nSPS) is 16.7. The van der Waals surface area contributed by atoms with E-state index in [9.17, 15) is 15.0 Å². The lowest BCUT2D eigenvalue weighted by molar-refractivity contribution is -0.384. The van der Waals surface area contributed by atoms with Gasteiger partial charge in [-0.1, -0.05) is 41.5 Å². The van der Waals surface area contributed by atoms with E-state index in [1.807, 2.05) is 4.67 Å². The van der Waals surface area contributed by atoms with E-state index >= 15 is 0 Å². The van der Waals surface area contributed by atoms with Gasteiger partial charge in [-0.15, -0.1) is 15.3 Å². The first kappa shape index (κ1) is 39.0. The van der Waals surface area contributed by atoms with Gasteiger partial charge in [0.1, 0.15) is 28.6 Å². The average molecular weight is 736 g/mol. The SMILES string of the molecule is CCCN(CCC)P(O)OCOc1c(N=Nc2cc(OC)c(N=Nc3ccc([N+](=O)[O-])cc3)cc2OC)cc2c3c1C(C)(C)CCN3CCC2(C)C. The molecule has 15 heteroatoms. The van der Waals surface area contributed by atoms with E-state index in [-0.39, 0.29) is 23.3 Å². The molecule has 1 unspecified atom stereocenters. The van der Waals surface area contributed by atoms with E-state index in [0.29, 0.717) is 40.0 Å². The largest absolute Gasteiger partial charge is 0.494 e. The van der Waals surface area contributed by atoms with E-state index in [0.717, 1.165) is 57.4 Å². The summed E-state index contributed by atoms with van der Waals surface area (Å²) in [5, 5.41) is 29.1. The predicted octanol–water partition coefficient (Wildman–Crippen LogP) is 10.3. The molecule has 0 aliphatic carbocycles. The lowest BCUT2D eigenvalue weighted by Gasteiger charge is -2.48. The van der Waals surface area contributed by atoms with Crippen molar-refractivity contribution < 1.29 is 28.6 Å². The molecule has 2 heterocycles. The van der Waals surface area contributed by atoms with Gasteiger partial charge in [0.2, 0.25) is 0 Å². The molecule has 1 N–H and O–H groups in total. The number of rotatable bonds is 16. The van der Waals surface area contributed by atoms with Crippen LogP contribution >= 0.6 is 8.53 Å². The zero-order chi connectivity index (χ0) is 37.6. The maximum atomic E-state index is 11.0. The number of hydrogen-bond donors (Lipinski definition) is 1. The standard InChI is InChI=1S/C37H50N7O7P/c1-9-17-43(18-10-2)52(47)51-24-50-35-30(21-27-34-33(35)37(5,6)16-20-42(34)19-15-36(27,3)4)41-40-29-23-31(48-7)28(22-32(29)49-8)39-38-25-11-13-26(14-12-25)44(45)46/h11-14,21-23,47H,9-10,15-20,24H2,1-8H3. The minimum atomic E-state index is -1.83. The molecule has 0 aromatic heterocycles. The first-order valence-corrected chi connectivity index (χ1v) is 18.8. The number of benzene rings is 3. The van der Waals surface area contributed by atoms with Crippen LogP contribution in [0.15, 0.2) is 62.9 Å². The summed E-state index contributed by atoms with van der Waals surface area (Å²) < 4.78 is 25.7. The minimum Gasteiger partial charge on any atom is -0.494 e. The zero-order valence-corrected chi connectivity index (χ0v) is 32.3. The number of anilines is 1. The second-order valence-corrected chi connectivity index (χ2v) is 15.5. The molecule has 280 valence electrons. The van der Waals surface area contributed by atoms with E-state index in [1.165, 1.54) is 49.7 Å². The summed E-state index contributed by atoms with van der Waals surface area (Å²) in [4.78, 5) is 24.0. The highest BCUT2D eigenvalue weighted by atomic mass is 31.2. The number of nitro benzene ring substituents is 1. The average Bonchev–Trinajstić information content (AvgIpc) is 3.12. The molecule has 0 bridgehead atoms. The van der Waals surface area contributed by atoms with Crippen molar-refractivity contribution in [1.29, 1.82) is 0 Å². The van der Waals surface area contributed by atoms with Gasteiger partial charge < -0.3 is 24.0 Å². The van der Waals surface area contributed by atoms with Gasteiger partial charge in [-0.25, -0.2) is 4.67 Å². The summed E-state index contributed by atoms with van der Waals surface area (Å²) in [5.41, 5.74) is 4.83. The topological polar surface area (TPSA) is 156 Å². The van der Waals surface area contributed by atoms with Gasteiger partial charge in [-0.3, -0.25) is 14.6 Å². The smallest absolute Gasteiger partial charge is 0.269 e. The second-order valence-electron chi connectivity index (χ2n) is 14.2. The molecule has 0 amide bonds. The van der Waals surface area contributed by atoms with Gasteiger partial charge in [0.15, 0.2) is 12.5 Å². The second kappa shape index (κ2) is 16.6. The molecule has 2 aliphatic heterocycles. The predicted molar refractivity (Wildman–Crippen MR) is 203 cm³/mol. The molecular weight excluding hydrogens is 685 g/mol. The van der Waals surface area contributed by atoms with Gasteiger partial charge in [0.05, 0.1) is 24.8 Å². The quantitative estimate of drug-likeness (QED) is 0.0497. The Bertz CT molecular complexity index is 1790. The summed E-state index contributed by atoms with van der Waals surface area (Å²) in [6, 6.07) is 11.2. The highest BCUT2D eigenvalue weighted by Gasteiger charge is 2.43. The summed E-state index contributed by atoms with van der Waals surface area (Å²) in [6.07, 6.45) is 3.74. The van der Waals surface area contributed by atoms with Crippen LogP contribution in [0.4, 0.5) is 34.1 Å². The van der Waals surface area contributed by atoms with Crippen LogP contribution in [0.2, 0.25) is 0 Å². The maximum Gasteiger partial charge on any atom is 0.269 e. The molecule has 0 saturated heterocycles. The molecule has 0 radical (unpaired) electrons. The number of azo groups is 2. The van der Waals surface area contributed by atoms with Crippen LogP contribution in [0.25, 0.3) is 0 Å². The molecule has 5 rings (SSSR count). The highest BCUT2D eigenvalue weighted by Crippen LogP contribution is 2.56. The third-order valence-corrected chi connectivity index (χ3v) is 10.8. The van der Waals surface area contributed by atoms with Gasteiger partial charge in [-0.05, 0) is 60.3 Å². The van der Waals surface area contributed by atoms with E-state index in [4.69, 9.17) is 23.8 Å². The summed E-state index contributed by atoms with van der Waals surface area (Å²) in [7, 11) is 1.21. The van der Waals surface area contributed by atoms with Crippen molar-refractivity contribution in [2.24, 2.45) is 20.5 Å². The fourth-order valence-electron chi connectivity index (χ4n) is 6.65. The monoisotopic (exact) mass is 735 g/mol. The van der Waals surface area contributed by atoms with Gasteiger partial charge in [0.25, 0.3) is 14.2 Å².